The Balaban J connectivity index is 1.90. The largest absolute Gasteiger partial charge is 0.441 e. The number of hydrogen-bond acceptors (Lipinski definition) is 4. The van der Waals surface area contributed by atoms with Crippen LogP contribution in [0.15, 0.2) is 36.4 Å². The maximum atomic E-state index is 12.3. The van der Waals surface area contributed by atoms with Gasteiger partial charge >= 0.3 is 6.09 Å². The summed E-state index contributed by atoms with van der Waals surface area (Å²) in [6.45, 7) is 3.18. The topological polar surface area (TPSA) is 72.7 Å². The van der Waals surface area contributed by atoms with Crippen molar-refractivity contribution in [2.45, 2.75) is 32.3 Å². The first kappa shape index (κ1) is 16.2. The number of piperidine rings is 1. The zero-order valence-electron chi connectivity index (χ0n) is 13.6. The molecular formula is C18H20N2O4. The van der Waals surface area contributed by atoms with Gasteiger partial charge in [0.05, 0.1) is 10.3 Å². The van der Waals surface area contributed by atoms with E-state index in [0.717, 1.165) is 24.6 Å². The number of carbonyl (C=O) groups is 1. The molecule has 3 rings (SSSR count). The molecule has 126 valence electrons. The SMILES string of the molecule is CC(OC(=O)N1CCCCC1)c1cccc2cccc([N+](=O)[O-])c12. The quantitative estimate of drug-likeness (QED) is 0.617. The molecule has 1 unspecified atom stereocenters. The number of ether oxygens (including phenoxy) is 1. The van der Waals surface area contributed by atoms with Crippen LogP contribution in [0.4, 0.5) is 10.5 Å². The first-order valence-electron chi connectivity index (χ1n) is 8.19. The van der Waals surface area contributed by atoms with Crippen LogP contribution in [-0.4, -0.2) is 29.0 Å². The summed E-state index contributed by atoms with van der Waals surface area (Å²) in [4.78, 5) is 25.0. The van der Waals surface area contributed by atoms with Gasteiger partial charge in [0, 0.05) is 24.7 Å². The van der Waals surface area contributed by atoms with E-state index in [1.807, 2.05) is 18.2 Å². The van der Waals surface area contributed by atoms with Crippen molar-refractivity contribution in [1.29, 1.82) is 0 Å². The van der Waals surface area contributed by atoms with Crippen molar-refractivity contribution in [3.05, 3.63) is 52.1 Å². The van der Waals surface area contributed by atoms with E-state index in [2.05, 4.69) is 0 Å². The molecule has 1 aliphatic rings. The number of nitro benzene ring substituents is 1. The van der Waals surface area contributed by atoms with Gasteiger partial charge in [0.1, 0.15) is 6.10 Å². The van der Waals surface area contributed by atoms with E-state index in [0.29, 0.717) is 24.0 Å². The standard InChI is InChI=1S/C18H20N2O4/c1-13(24-18(21)19-11-3-2-4-12-19)15-9-5-7-14-8-6-10-16(17(14)15)20(22)23/h5-10,13H,2-4,11-12H2,1H3. The predicted octanol–water partition coefficient (Wildman–Crippen LogP) is 4.43. The van der Waals surface area contributed by atoms with Crippen molar-refractivity contribution in [2.75, 3.05) is 13.1 Å². The number of nitro groups is 1. The third-order valence-corrected chi connectivity index (χ3v) is 4.44. The number of carbonyl (C=O) groups excluding carboxylic acids is 1. The lowest BCUT2D eigenvalue weighted by Crippen LogP contribution is -2.36. The fraction of sp³-hybridized carbons (Fsp3) is 0.389. The van der Waals surface area contributed by atoms with Gasteiger partial charge in [0.2, 0.25) is 0 Å². The summed E-state index contributed by atoms with van der Waals surface area (Å²) >= 11 is 0. The Hall–Kier alpha value is -2.63. The van der Waals surface area contributed by atoms with Crippen molar-refractivity contribution < 1.29 is 14.5 Å². The highest BCUT2D eigenvalue weighted by Crippen LogP contribution is 2.33. The van der Waals surface area contributed by atoms with Gasteiger partial charge in [-0.1, -0.05) is 30.3 Å². The molecule has 0 saturated carbocycles. The Morgan fingerprint density at radius 1 is 1.17 bits per heavy atom. The van der Waals surface area contributed by atoms with E-state index < -0.39 is 11.0 Å². The first-order chi connectivity index (χ1) is 11.6. The number of rotatable bonds is 3. The Labute approximate surface area is 140 Å². The zero-order chi connectivity index (χ0) is 17.1. The molecule has 0 radical (unpaired) electrons. The number of non-ortho nitro benzene ring substituents is 1. The molecule has 0 spiro atoms. The number of likely N-dealkylation sites (tertiary alicyclic amines) is 1. The van der Waals surface area contributed by atoms with Crippen LogP contribution in [-0.2, 0) is 4.74 Å². The van der Waals surface area contributed by atoms with Crippen LogP contribution in [0.5, 0.6) is 0 Å². The van der Waals surface area contributed by atoms with E-state index in [9.17, 15) is 14.9 Å². The number of fused-ring (bicyclic) bond motifs is 1. The summed E-state index contributed by atoms with van der Waals surface area (Å²) in [5, 5.41) is 12.6. The van der Waals surface area contributed by atoms with Gasteiger partial charge in [-0.25, -0.2) is 4.79 Å². The molecule has 1 amide bonds. The summed E-state index contributed by atoms with van der Waals surface area (Å²) in [6.07, 6.45) is 2.21. The maximum Gasteiger partial charge on any atom is 0.410 e. The highest BCUT2D eigenvalue weighted by molar-refractivity contribution is 5.94. The summed E-state index contributed by atoms with van der Waals surface area (Å²) in [5.74, 6) is 0. The summed E-state index contributed by atoms with van der Waals surface area (Å²) < 4.78 is 5.58. The van der Waals surface area contributed by atoms with Crippen molar-refractivity contribution in [3.63, 3.8) is 0 Å². The molecule has 1 saturated heterocycles. The average Bonchev–Trinajstić information content (AvgIpc) is 2.61. The Morgan fingerprint density at radius 2 is 1.83 bits per heavy atom. The lowest BCUT2D eigenvalue weighted by molar-refractivity contribution is -0.383. The monoisotopic (exact) mass is 328 g/mol. The van der Waals surface area contributed by atoms with Crippen molar-refractivity contribution in [1.82, 2.24) is 4.90 Å². The minimum Gasteiger partial charge on any atom is -0.441 e. The first-order valence-corrected chi connectivity index (χ1v) is 8.19. The van der Waals surface area contributed by atoms with Crippen LogP contribution in [0, 0.1) is 10.1 Å². The minimum atomic E-state index is -0.552. The van der Waals surface area contributed by atoms with Gasteiger partial charge in [-0.05, 0) is 31.6 Å². The van der Waals surface area contributed by atoms with Crippen LogP contribution in [0.25, 0.3) is 10.8 Å². The van der Waals surface area contributed by atoms with Crippen molar-refractivity contribution >= 4 is 22.6 Å². The minimum absolute atomic E-state index is 0.0315. The molecule has 6 heteroatoms. The molecule has 2 aromatic rings. The number of hydrogen-bond donors (Lipinski definition) is 0. The van der Waals surface area contributed by atoms with E-state index >= 15 is 0 Å². The van der Waals surface area contributed by atoms with E-state index in [1.165, 1.54) is 6.07 Å². The van der Waals surface area contributed by atoms with Gasteiger partial charge in [0.15, 0.2) is 0 Å². The van der Waals surface area contributed by atoms with Crippen LogP contribution in [0.1, 0.15) is 37.9 Å². The Bertz CT molecular complexity index is 763. The van der Waals surface area contributed by atoms with E-state index in [1.54, 1.807) is 24.0 Å². The smallest absolute Gasteiger partial charge is 0.410 e. The molecule has 1 aliphatic heterocycles. The molecule has 2 aromatic carbocycles. The van der Waals surface area contributed by atoms with Crippen LogP contribution in [0.3, 0.4) is 0 Å². The fourth-order valence-electron chi connectivity index (χ4n) is 3.21. The maximum absolute atomic E-state index is 12.3. The molecule has 1 heterocycles. The molecule has 1 atom stereocenters. The van der Waals surface area contributed by atoms with Crippen LogP contribution < -0.4 is 0 Å². The molecule has 0 aromatic heterocycles. The second-order valence-corrected chi connectivity index (χ2v) is 6.05. The number of benzene rings is 2. The highest BCUT2D eigenvalue weighted by Gasteiger charge is 2.24. The molecule has 0 N–H and O–H groups in total. The molecular weight excluding hydrogens is 308 g/mol. The Kier molecular flexibility index (Phi) is 4.64. The molecule has 6 nitrogen and oxygen atoms in total. The predicted molar refractivity (Wildman–Crippen MR) is 90.9 cm³/mol. The van der Waals surface area contributed by atoms with Crippen LogP contribution >= 0.6 is 0 Å². The third kappa shape index (κ3) is 3.18. The second-order valence-electron chi connectivity index (χ2n) is 6.05. The molecule has 24 heavy (non-hydrogen) atoms. The van der Waals surface area contributed by atoms with Gasteiger partial charge in [-0.2, -0.15) is 0 Å². The van der Waals surface area contributed by atoms with Crippen LogP contribution in [0.2, 0.25) is 0 Å². The normalized spacial score (nSPS) is 16.0. The molecule has 0 bridgehead atoms. The zero-order valence-corrected chi connectivity index (χ0v) is 13.6. The Morgan fingerprint density at radius 3 is 2.50 bits per heavy atom. The number of amides is 1. The fourth-order valence-corrected chi connectivity index (χ4v) is 3.21. The number of nitrogens with zero attached hydrogens (tertiary/aromatic N) is 2. The summed E-state index contributed by atoms with van der Waals surface area (Å²) in [5.41, 5.74) is 0.689. The third-order valence-electron chi connectivity index (χ3n) is 4.44. The van der Waals surface area contributed by atoms with Crippen molar-refractivity contribution in [3.8, 4) is 0 Å². The van der Waals surface area contributed by atoms with E-state index in [4.69, 9.17) is 4.74 Å². The van der Waals surface area contributed by atoms with Gasteiger partial charge in [0.25, 0.3) is 5.69 Å². The van der Waals surface area contributed by atoms with Gasteiger partial charge in [-0.15, -0.1) is 0 Å². The lowest BCUT2D eigenvalue weighted by atomic mass is 9.99. The van der Waals surface area contributed by atoms with Gasteiger partial charge in [-0.3, -0.25) is 10.1 Å². The average molecular weight is 328 g/mol. The highest BCUT2D eigenvalue weighted by atomic mass is 16.6. The summed E-state index contributed by atoms with van der Waals surface area (Å²) in [6, 6.07) is 10.4. The van der Waals surface area contributed by atoms with E-state index in [-0.39, 0.29) is 11.8 Å². The molecule has 0 aliphatic carbocycles. The van der Waals surface area contributed by atoms with Crippen molar-refractivity contribution in [2.24, 2.45) is 0 Å². The lowest BCUT2D eigenvalue weighted by Gasteiger charge is -2.27. The summed E-state index contributed by atoms with van der Waals surface area (Å²) in [7, 11) is 0. The van der Waals surface area contributed by atoms with Gasteiger partial charge < -0.3 is 9.64 Å². The molecule has 1 fully saturated rings. The second kappa shape index (κ2) is 6.86.